The Morgan fingerprint density at radius 1 is 0.769 bits per heavy atom. The van der Waals surface area contributed by atoms with Crippen LogP contribution in [0.5, 0.6) is 0 Å². The Balaban J connectivity index is 2.26. The Hall–Kier alpha value is -2.52. The monoisotopic (exact) mass is 364 g/mol. The molecule has 0 saturated heterocycles. The lowest BCUT2D eigenvalue weighted by Gasteiger charge is -2.39. The van der Waals surface area contributed by atoms with Gasteiger partial charge in [0.15, 0.2) is 0 Å². The van der Waals surface area contributed by atoms with Crippen LogP contribution < -0.4 is 0 Å². The van der Waals surface area contributed by atoms with Gasteiger partial charge in [0.05, 0.1) is 0 Å². The number of carbonyl (C=O) groups excluding carboxylic acids is 1. The van der Waals surface area contributed by atoms with Gasteiger partial charge in [-0.25, -0.2) is 0 Å². The normalized spacial score (nSPS) is 11.8. The zero-order valence-corrected chi connectivity index (χ0v) is 16.0. The maximum atomic E-state index is 12.6. The molecule has 0 amide bonds. The standard InChI is InChI=1S/C23H24O2S/c1-3-10-23(24)25-26(20-11-6-4-7-12-20,21-13-8-5-9-14-21)22-17-15-19(2)16-18-22/h4-9,11-18H,3,10H2,1-2H3. The van der Waals surface area contributed by atoms with E-state index in [1.165, 1.54) is 5.56 Å². The molecule has 0 radical (unpaired) electrons. The van der Waals surface area contributed by atoms with Gasteiger partial charge in [-0.05, 0) is 60.1 Å². The maximum absolute atomic E-state index is 12.6. The molecule has 0 bridgehead atoms. The average molecular weight is 365 g/mol. The van der Waals surface area contributed by atoms with E-state index in [4.69, 9.17) is 4.18 Å². The zero-order chi connectivity index (χ0) is 18.4. The summed E-state index contributed by atoms with van der Waals surface area (Å²) in [5.74, 6) is -0.157. The Morgan fingerprint density at radius 3 is 1.69 bits per heavy atom. The highest BCUT2D eigenvalue weighted by atomic mass is 32.3. The molecule has 26 heavy (non-hydrogen) atoms. The summed E-state index contributed by atoms with van der Waals surface area (Å²) in [7, 11) is -2.12. The second-order valence-electron chi connectivity index (χ2n) is 6.20. The first-order valence-electron chi connectivity index (χ1n) is 8.89. The van der Waals surface area contributed by atoms with E-state index in [0.717, 1.165) is 21.1 Å². The van der Waals surface area contributed by atoms with Crippen LogP contribution in [0.2, 0.25) is 0 Å². The van der Waals surface area contributed by atoms with Crippen molar-refractivity contribution in [2.45, 2.75) is 41.4 Å². The zero-order valence-electron chi connectivity index (χ0n) is 15.2. The lowest BCUT2D eigenvalue weighted by molar-refractivity contribution is -0.133. The van der Waals surface area contributed by atoms with Gasteiger partial charge in [0.2, 0.25) is 0 Å². The SMILES string of the molecule is CCCC(=O)OS(c1ccccc1)(c1ccccc1)c1ccc(C)cc1. The third-order valence-corrected chi connectivity index (χ3v) is 7.42. The van der Waals surface area contributed by atoms with Crippen LogP contribution in [0, 0.1) is 6.92 Å². The molecule has 0 aliphatic carbocycles. The van der Waals surface area contributed by atoms with Crippen LogP contribution in [-0.2, 0) is 8.98 Å². The molecule has 2 nitrogen and oxygen atoms in total. The molecule has 0 unspecified atom stereocenters. The van der Waals surface area contributed by atoms with Crippen LogP contribution >= 0.6 is 10.3 Å². The number of hydrogen-bond donors (Lipinski definition) is 0. The third-order valence-electron chi connectivity index (χ3n) is 4.18. The number of aryl methyl sites for hydroxylation is 1. The Labute approximate surface area is 157 Å². The summed E-state index contributed by atoms with van der Waals surface area (Å²) in [6.45, 7) is 4.06. The average Bonchev–Trinajstić information content (AvgIpc) is 2.68. The van der Waals surface area contributed by atoms with Crippen molar-refractivity contribution in [1.82, 2.24) is 0 Å². The first-order valence-corrected chi connectivity index (χ1v) is 10.4. The molecule has 0 saturated carbocycles. The number of benzene rings is 3. The summed E-state index contributed by atoms with van der Waals surface area (Å²) in [4.78, 5) is 15.7. The molecule has 3 rings (SSSR count). The number of carbonyl (C=O) groups is 1. The van der Waals surface area contributed by atoms with Crippen molar-refractivity contribution in [3.8, 4) is 0 Å². The van der Waals surface area contributed by atoms with Gasteiger partial charge >= 0.3 is 5.97 Å². The molecule has 0 aromatic heterocycles. The highest BCUT2D eigenvalue weighted by molar-refractivity contribution is 8.30. The van der Waals surface area contributed by atoms with Gasteiger partial charge in [0.25, 0.3) is 0 Å². The quantitative estimate of drug-likeness (QED) is 0.497. The van der Waals surface area contributed by atoms with Crippen LogP contribution in [0.1, 0.15) is 25.3 Å². The predicted octanol–water partition coefficient (Wildman–Crippen LogP) is 6.54. The van der Waals surface area contributed by atoms with Gasteiger partial charge in [0.1, 0.15) is 0 Å². The van der Waals surface area contributed by atoms with E-state index >= 15 is 0 Å². The van der Waals surface area contributed by atoms with Crippen LogP contribution in [-0.4, -0.2) is 5.97 Å². The van der Waals surface area contributed by atoms with Crippen molar-refractivity contribution in [3.05, 3.63) is 90.5 Å². The van der Waals surface area contributed by atoms with Gasteiger partial charge in [-0.3, -0.25) is 4.79 Å². The molecule has 0 N–H and O–H groups in total. The highest BCUT2D eigenvalue weighted by Crippen LogP contribution is 2.69. The van der Waals surface area contributed by atoms with Gasteiger partial charge in [-0.1, -0.05) is 61.0 Å². The predicted molar refractivity (Wildman–Crippen MR) is 107 cm³/mol. The highest BCUT2D eigenvalue weighted by Gasteiger charge is 2.35. The summed E-state index contributed by atoms with van der Waals surface area (Å²) >= 11 is 0. The third kappa shape index (κ3) is 3.68. The second kappa shape index (κ2) is 8.24. The summed E-state index contributed by atoms with van der Waals surface area (Å²) in [6, 6.07) is 28.5. The Kier molecular flexibility index (Phi) is 5.79. The van der Waals surface area contributed by atoms with Crippen LogP contribution in [0.3, 0.4) is 0 Å². The van der Waals surface area contributed by atoms with Crippen molar-refractivity contribution >= 4 is 16.3 Å². The fourth-order valence-electron chi connectivity index (χ4n) is 2.89. The molecular weight excluding hydrogens is 340 g/mol. The fraction of sp³-hybridized carbons (Fsp3) is 0.174. The van der Waals surface area contributed by atoms with Crippen LogP contribution in [0.4, 0.5) is 0 Å². The minimum Gasteiger partial charge on any atom is -0.402 e. The first kappa shape index (κ1) is 18.3. The minimum absolute atomic E-state index is 0.157. The molecule has 0 aliphatic rings. The smallest absolute Gasteiger partial charge is 0.317 e. The lowest BCUT2D eigenvalue weighted by Crippen LogP contribution is -2.13. The summed E-state index contributed by atoms with van der Waals surface area (Å²) in [5.41, 5.74) is 1.18. The molecular formula is C23H24O2S. The largest absolute Gasteiger partial charge is 0.402 e. The Morgan fingerprint density at radius 2 is 1.23 bits per heavy atom. The van der Waals surface area contributed by atoms with Crippen molar-refractivity contribution < 1.29 is 8.98 Å². The lowest BCUT2D eigenvalue weighted by atomic mass is 10.2. The first-order chi connectivity index (χ1) is 12.7. The number of rotatable bonds is 6. The minimum atomic E-state index is -2.12. The van der Waals surface area contributed by atoms with Gasteiger partial charge < -0.3 is 4.18 Å². The van der Waals surface area contributed by atoms with Crippen LogP contribution in [0.25, 0.3) is 0 Å². The molecule has 0 heterocycles. The van der Waals surface area contributed by atoms with Crippen molar-refractivity contribution in [1.29, 1.82) is 0 Å². The molecule has 134 valence electrons. The molecule has 3 aromatic carbocycles. The molecule has 3 aromatic rings. The maximum Gasteiger partial charge on any atom is 0.317 e. The molecule has 0 spiro atoms. The topological polar surface area (TPSA) is 26.3 Å². The molecule has 0 fully saturated rings. The summed E-state index contributed by atoms with van der Waals surface area (Å²) in [6.07, 6.45) is 1.19. The van der Waals surface area contributed by atoms with Gasteiger partial charge in [0, 0.05) is 21.1 Å². The summed E-state index contributed by atoms with van der Waals surface area (Å²) < 4.78 is 6.32. The Bertz CT molecular complexity index is 803. The van der Waals surface area contributed by atoms with Gasteiger partial charge in [-0.15, -0.1) is 0 Å². The van der Waals surface area contributed by atoms with Crippen molar-refractivity contribution in [2.24, 2.45) is 0 Å². The number of hydrogen-bond acceptors (Lipinski definition) is 2. The van der Waals surface area contributed by atoms with Gasteiger partial charge in [-0.2, -0.15) is 0 Å². The summed E-state index contributed by atoms with van der Waals surface area (Å²) in [5, 5.41) is 0. The van der Waals surface area contributed by atoms with E-state index in [2.05, 4.69) is 55.5 Å². The van der Waals surface area contributed by atoms with E-state index in [-0.39, 0.29) is 5.97 Å². The molecule has 0 atom stereocenters. The molecule has 3 heteroatoms. The van der Waals surface area contributed by atoms with Crippen LogP contribution in [0.15, 0.2) is 99.6 Å². The fourth-order valence-corrected chi connectivity index (χ4v) is 5.96. The van der Waals surface area contributed by atoms with E-state index in [1.807, 2.05) is 43.3 Å². The van der Waals surface area contributed by atoms with Crippen molar-refractivity contribution in [3.63, 3.8) is 0 Å². The second-order valence-corrected chi connectivity index (χ2v) is 8.89. The molecule has 0 aliphatic heterocycles. The van der Waals surface area contributed by atoms with E-state index in [0.29, 0.717) is 6.42 Å². The van der Waals surface area contributed by atoms with Crippen molar-refractivity contribution in [2.75, 3.05) is 0 Å². The van der Waals surface area contributed by atoms with E-state index in [9.17, 15) is 4.79 Å². The van der Waals surface area contributed by atoms with E-state index in [1.54, 1.807) is 0 Å². The van der Waals surface area contributed by atoms with E-state index < -0.39 is 10.3 Å².